The van der Waals surface area contributed by atoms with Crippen LogP contribution in [0.15, 0.2) is 51.9 Å². The third-order valence-electron chi connectivity index (χ3n) is 2.57. The molecule has 1 aromatic carbocycles. The quantitative estimate of drug-likeness (QED) is 0.753. The molecule has 0 aliphatic rings. The maximum absolute atomic E-state index is 11.1. The van der Waals surface area contributed by atoms with Crippen LogP contribution in [0.4, 0.5) is 0 Å². The van der Waals surface area contributed by atoms with Crippen molar-refractivity contribution in [2.75, 3.05) is 6.54 Å². The molecule has 0 saturated carbocycles. The van der Waals surface area contributed by atoms with E-state index in [0.717, 1.165) is 11.3 Å². The Hall–Kier alpha value is -2.16. The average molecular weight is 241 g/mol. The minimum absolute atomic E-state index is 0.126. The summed E-state index contributed by atoms with van der Waals surface area (Å²) >= 11 is 0. The molecule has 0 bridgehead atoms. The van der Waals surface area contributed by atoms with E-state index in [1.807, 2.05) is 49.4 Å². The Morgan fingerprint density at radius 2 is 2.00 bits per heavy atom. The van der Waals surface area contributed by atoms with Gasteiger partial charge in [-0.1, -0.05) is 37.3 Å². The van der Waals surface area contributed by atoms with Crippen LogP contribution in [0.2, 0.25) is 0 Å². The lowest BCUT2D eigenvalue weighted by molar-refractivity contribution is -0.117. The summed E-state index contributed by atoms with van der Waals surface area (Å²) < 4.78 is 5.62. The number of carbonyl (C=O) groups is 1. The number of carbonyl (C=O) groups excluding carboxylic acids is 1. The Morgan fingerprint density at radius 3 is 2.72 bits per heavy atom. The van der Waals surface area contributed by atoms with Gasteiger partial charge < -0.3 is 4.42 Å². The summed E-state index contributed by atoms with van der Waals surface area (Å²) in [6.07, 6.45) is 2.12. The van der Waals surface area contributed by atoms with Crippen LogP contribution in [-0.2, 0) is 4.79 Å². The highest BCUT2D eigenvalue weighted by Crippen LogP contribution is 2.20. The van der Waals surface area contributed by atoms with Crippen LogP contribution in [0.25, 0.3) is 11.3 Å². The molecule has 0 atom stereocenters. The summed E-state index contributed by atoms with van der Waals surface area (Å²) in [6, 6.07) is 13.6. The Balaban J connectivity index is 2.05. The van der Waals surface area contributed by atoms with E-state index in [1.54, 1.807) is 6.21 Å². The van der Waals surface area contributed by atoms with Crippen LogP contribution in [-0.4, -0.2) is 18.5 Å². The molecule has 18 heavy (non-hydrogen) atoms. The van der Waals surface area contributed by atoms with Gasteiger partial charge in [0, 0.05) is 12.0 Å². The van der Waals surface area contributed by atoms with Crippen LogP contribution in [0.3, 0.4) is 0 Å². The molecule has 0 aliphatic heterocycles. The van der Waals surface area contributed by atoms with Crippen molar-refractivity contribution in [1.29, 1.82) is 0 Å². The largest absolute Gasteiger partial charge is 0.455 e. The molecule has 0 amide bonds. The van der Waals surface area contributed by atoms with Gasteiger partial charge in [0.15, 0.2) is 5.78 Å². The van der Waals surface area contributed by atoms with Gasteiger partial charge in [0.1, 0.15) is 11.5 Å². The van der Waals surface area contributed by atoms with Crippen molar-refractivity contribution in [3.05, 3.63) is 48.2 Å². The van der Waals surface area contributed by atoms with Crippen molar-refractivity contribution >= 4 is 12.0 Å². The average Bonchev–Trinajstić information content (AvgIpc) is 2.88. The van der Waals surface area contributed by atoms with Crippen LogP contribution in [0, 0.1) is 0 Å². The maximum atomic E-state index is 11.1. The van der Waals surface area contributed by atoms with Gasteiger partial charge in [-0.05, 0) is 12.1 Å². The summed E-state index contributed by atoms with van der Waals surface area (Å²) in [6.45, 7) is 2.05. The van der Waals surface area contributed by atoms with E-state index in [9.17, 15) is 4.79 Å². The molecule has 92 valence electrons. The summed E-state index contributed by atoms with van der Waals surface area (Å²) in [5.41, 5.74) is 1.03. The molecule has 1 heterocycles. The predicted molar refractivity (Wildman–Crippen MR) is 71.9 cm³/mol. The van der Waals surface area contributed by atoms with Gasteiger partial charge in [0.05, 0.1) is 12.8 Å². The molecule has 0 radical (unpaired) electrons. The molecular weight excluding hydrogens is 226 g/mol. The minimum atomic E-state index is 0.126. The number of Topliss-reactive ketones (excluding diaryl/α,β-unsaturated/α-hetero) is 1. The van der Waals surface area contributed by atoms with Gasteiger partial charge in [-0.2, -0.15) is 0 Å². The molecule has 3 nitrogen and oxygen atoms in total. The van der Waals surface area contributed by atoms with Gasteiger partial charge in [-0.15, -0.1) is 0 Å². The number of hydrogen-bond donors (Lipinski definition) is 0. The van der Waals surface area contributed by atoms with E-state index in [1.165, 1.54) is 0 Å². The van der Waals surface area contributed by atoms with Crippen LogP contribution in [0.1, 0.15) is 19.1 Å². The fraction of sp³-hybridized carbons (Fsp3) is 0.200. The molecule has 0 saturated heterocycles. The van der Waals surface area contributed by atoms with Crippen molar-refractivity contribution < 1.29 is 9.21 Å². The van der Waals surface area contributed by atoms with E-state index in [-0.39, 0.29) is 12.3 Å². The SMILES string of the molecule is CCC(=O)CN=Cc1ccc(-c2ccccc2)o1. The highest BCUT2D eigenvalue weighted by atomic mass is 16.3. The normalized spacial score (nSPS) is 10.9. The van der Waals surface area contributed by atoms with E-state index in [2.05, 4.69) is 4.99 Å². The standard InChI is InChI=1S/C15H15NO2/c1-2-13(17)10-16-11-14-8-9-15(18-14)12-6-4-3-5-7-12/h3-9,11H,2,10H2,1H3. The zero-order chi connectivity index (χ0) is 12.8. The molecule has 2 aromatic rings. The Morgan fingerprint density at radius 1 is 1.22 bits per heavy atom. The van der Waals surface area contributed by atoms with Crippen LogP contribution in [0.5, 0.6) is 0 Å². The monoisotopic (exact) mass is 241 g/mol. The van der Waals surface area contributed by atoms with Crippen molar-refractivity contribution in [2.24, 2.45) is 4.99 Å². The topological polar surface area (TPSA) is 42.6 Å². The fourth-order valence-electron chi connectivity index (χ4n) is 1.53. The van der Waals surface area contributed by atoms with E-state index in [4.69, 9.17) is 4.42 Å². The van der Waals surface area contributed by atoms with Crippen molar-refractivity contribution in [2.45, 2.75) is 13.3 Å². The van der Waals surface area contributed by atoms with Crippen LogP contribution >= 0.6 is 0 Å². The van der Waals surface area contributed by atoms with Crippen molar-refractivity contribution in [3.8, 4) is 11.3 Å². The predicted octanol–water partition coefficient (Wildman–Crippen LogP) is 3.34. The first-order chi connectivity index (χ1) is 8.79. The Bertz CT molecular complexity index is 541. The fourth-order valence-corrected chi connectivity index (χ4v) is 1.53. The van der Waals surface area contributed by atoms with E-state index in [0.29, 0.717) is 12.2 Å². The second-order valence-corrected chi connectivity index (χ2v) is 3.93. The molecule has 2 rings (SSSR count). The number of aliphatic imine (C=N–C) groups is 1. The number of benzene rings is 1. The molecule has 0 spiro atoms. The summed E-state index contributed by atoms with van der Waals surface area (Å²) in [5.74, 6) is 1.60. The van der Waals surface area contributed by atoms with Gasteiger partial charge in [0.25, 0.3) is 0 Å². The lowest BCUT2D eigenvalue weighted by Crippen LogP contribution is -1.99. The lowest BCUT2D eigenvalue weighted by atomic mass is 10.2. The smallest absolute Gasteiger partial charge is 0.153 e. The molecule has 0 aliphatic carbocycles. The lowest BCUT2D eigenvalue weighted by Gasteiger charge is -1.94. The highest BCUT2D eigenvalue weighted by Gasteiger charge is 2.02. The second-order valence-electron chi connectivity index (χ2n) is 3.93. The number of furan rings is 1. The molecule has 0 unspecified atom stereocenters. The molecule has 1 aromatic heterocycles. The first kappa shape index (κ1) is 12.3. The number of hydrogen-bond acceptors (Lipinski definition) is 3. The number of rotatable bonds is 5. The van der Waals surface area contributed by atoms with Crippen molar-refractivity contribution in [1.82, 2.24) is 0 Å². The highest BCUT2D eigenvalue weighted by molar-refractivity contribution is 5.84. The van der Waals surface area contributed by atoms with Gasteiger partial charge >= 0.3 is 0 Å². The third kappa shape index (κ3) is 3.17. The minimum Gasteiger partial charge on any atom is -0.455 e. The van der Waals surface area contributed by atoms with Crippen LogP contribution < -0.4 is 0 Å². The molecule has 0 fully saturated rings. The Labute approximate surface area is 106 Å². The first-order valence-corrected chi connectivity index (χ1v) is 5.96. The van der Waals surface area contributed by atoms with E-state index < -0.39 is 0 Å². The third-order valence-corrected chi connectivity index (χ3v) is 2.57. The Kier molecular flexibility index (Phi) is 4.07. The zero-order valence-corrected chi connectivity index (χ0v) is 10.3. The van der Waals surface area contributed by atoms with Gasteiger partial charge in [-0.3, -0.25) is 9.79 Å². The second kappa shape index (κ2) is 5.96. The summed E-state index contributed by atoms with van der Waals surface area (Å²) in [5, 5.41) is 0. The number of nitrogens with zero attached hydrogens (tertiary/aromatic N) is 1. The summed E-state index contributed by atoms with van der Waals surface area (Å²) in [7, 11) is 0. The first-order valence-electron chi connectivity index (χ1n) is 5.96. The van der Waals surface area contributed by atoms with E-state index >= 15 is 0 Å². The molecule has 3 heteroatoms. The summed E-state index contributed by atoms with van der Waals surface area (Å²) in [4.78, 5) is 15.1. The van der Waals surface area contributed by atoms with Gasteiger partial charge in [-0.25, -0.2) is 0 Å². The molecular formula is C15H15NO2. The van der Waals surface area contributed by atoms with Crippen molar-refractivity contribution in [3.63, 3.8) is 0 Å². The maximum Gasteiger partial charge on any atom is 0.153 e. The van der Waals surface area contributed by atoms with Gasteiger partial charge in [0.2, 0.25) is 0 Å². The molecule has 0 N–H and O–H groups in total. The number of ketones is 1. The zero-order valence-electron chi connectivity index (χ0n) is 10.3.